The maximum atomic E-state index is 12.7. The molecule has 1 saturated carbocycles. The molecule has 2 aliphatic rings. The van der Waals surface area contributed by atoms with Crippen molar-refractivity contribution < 1.29 is 24.2 Å². The smallest absolute Gasteiger partial charge is 0.410 e. The number of fused-ring (bicyclic) bond motifs is 2. The zero-order valence-electron chi connectivity index (χ0n) is 15.1. The number of nitrogens with zero attached hydrogens (tertiary/aromatic N) is 2. The summed E-state index contributed by atoms with van der Waals surface area (Å²) in [6, 6.07) is 1.54. The number of pyridine rings is 1. The number of carboxylic acids is 1. The molecular weight excluding hydrogens is 404 g/mol. The molecule has 1 amide bonds. The number of ether oxygens (including phenoxy) is 2. The zero-order chi connectivity index (χ0) is 19.1. The van der Waals surface area contributed by atoms with Crippen LogP contribution in [-0.4, -0.2) is 51.8 Å². The van der Waals surface area contributed by atoms with Gasteiger partial charge in [-0.3, -0.25) is 4.98 Å². The van der Waals surface area contributed by atoms with Gasteiger partial charge in [0.2, 0.25) is 0 Å². The molecule has 0 aromatic carbocycles. The van der Waals surface area contributed by atoms with Crippen LogP contribution in [0, 0.1) is 5.92 Å². The van der Waals surface area contributed by atoms with E-state index in [0.717, 1.165) is 16.5 Å². The number of halogens is 1. The van der Waals surface area contributed by atoms with E-state index in [2.05, 4.69) is 20.9 Å². The van der Waals surface area contributed by atoms with Gasteiger partial charge in [0.05, 0.1) is 6.04 Å². The Hall–Kier alpha value is -1.67. The largest absolute Gasteiger partial charge is 0.480 e. The van der Waals surface area contributed by atoms with Crippen LogP contribution in [0.25, 0.3) is 0 Å². The molecule has 2 bridgehead atoms. The van der Waals surface area contributed by atoms with Gasteiger partial charge in [-0.15, -0.1) is 0 Å². The Bertz CT molecular complexity index is 720. The second-order valence-corrected chi connectivity index (χ2v) is 8.74. The van der Waals surface area contributed by atoms with Crippen LogP contribution >= 0.6 is 15.9 Å². The fraction of sp³-hybridized carbons (Fsp3) is 0.611. The van der Waals surface area contributed by atoms with Gasteiger partial charge >= 0.3 is 12.1 Å². The fourth-order valence-corrected chi connectivity index (χ4v) is 4.62. The quantitative estimate of drug-likeness (QED) is 0.794. The van der Waals surface area contributed by atoms with Gasteiger partial charge in [-0.05, 0) is 61.5 Å². The van der Waals surface area contributed by atoms with Crippen LogP contribution in [0.1, 0.15) is 39.2 Å². The Morgan fingerprint density at radius 1 is 1.46 bits per heavy atom. The number of carbonyl (C=O) groups is 2. The molecule has 1 aliphatic carbocycles. The van der Waals surface area contributed by atoms with Crippen molar-refractivity contribution in [1.29, 1.82) is 0 Å². The standard InChI is InChI=1S/C18H23BrN2O5/c1-17(2,3)26-16(24)21-9-11-6-14(21)18(7-11,25-10-15(22)23)12-4-5-20-8-13(12)19/h4-5,8,11,14H,6-7,9-10H2,1-3H3,(H,22,23). The lowest BCUT2D eigenvalue weighted by molar-refractivity contribution is -0.157. The normalized spacial score (nSPS) is 27.6. The maximum Gasteiger partial charge on any atom is 0.410 e. The Morgan fingerprint density at radius 2 is 2.19 bits per heavy atom. The summed E-state index contributed by atoms with van der Waals surface area (Å²) in [5.41, 5.74) is -0.671. The number of aromatic nitrogens is 1. The fourth-order valence-electron chi connectivity index (χ4n) is 4.03. The number of rotatable bonds is 4. The van der Waals surface area contributed by atoms with Crippen LogP contribution in [0.15, 0.2) is 22.9 Å². The van der Waals surface area contributed by atoms with E-state index >= 15 is 0 Å². The van der Waals surface area contributed by atoms with E-state index < -0.39 is 29.9 Å². The first-order chi connectivity index (χ1) is 12.1. The third kappa shape index (κ3) is 3.57. The van der Waals surface area contributed by atoms with Crippen molar-refractivity contribution in [3.63, 3.8) is 0 Å². The summed E-state index contributed by atoms with van der Waals surface area (Å²) in [4.78, 5) is 29.6. The van der Waals surface area contributed by atoms with E-state index in [1.54, 1.807) is 17.3 Å². The molecule has 1 saturated heterocycles. The van der Waals surface area contributed by atoms with Gasteiger partial charge in [0, 0.05) is 29.0 Å². The van der Waals surface area contributed by atoms with Gasteiger partial charge in [-0.25, -0.2) is 9.59 Å². The second kappa shape index (κ2) is 6.81. The molecule has 1 aromatic rings. The van der Waals surface area contributed by atoms with Gasteiger partial charge in [0.15, 0.2) is 0 Å². The number of piperidine rings is 1. The number of aliphatic carboxylic acids is 1. The first-order valence-corrected chi connectivity index (χ1v) is 9.37. The molecule has 2 fully saturated rings. The Kier molecular flexibility index (Phi) is 5.00. The summed E-state index contributed by atoms with van der Waals surface area (Å²) >= 11 is 3.50. The summed E-state index contributed by atoms with van der Waals surface area (Å²) in [6.07, 6.45) is 4.33. The molecule has 3 atom stereocenters. The minimum absolute atomic E-state index is 0.237. The monoisotopic (exact) mass is 426 g/mol. The third-order valence-corrected chi connectivity index (χ3v) is 5.46. The molecule has 2 heterocycles. The number of amides is 1. The lowest BCUT2D eigenvalue weighted by Gasteiger charge is -2.43. The van der Waals surface area contributed by atoms with E-state index in [4.69, 9.17) is 14.6 Å². The van der Waals surface area contributed by atoms with Crippen molar-refractivity contribution in [2.75, 3.05) is 13.2 Å². The average Bonchev–Trinajstić information content (AvgIpc) is 3.10. The summed E-state index contributed by atoms with van der Waals surface area (Å²) in [5, 5.41) is 9.15. The highest BCUT2D eigenvalue weighted by atomic mass is 79.9. The number of carbonyl (C=O) groups excluding carboxylic acids is 1. The Balaban J connectivity index is 1.96. The number of likely N-dealkylation sites (tertiary alicyclic amines) is 1. The SMILES string of the molecule is CC(C)(C)OC(=O)N1CC2CC1C(OCC(=O)O)(c1ccncc1Br)C2. The second-order valence-electron chi connectivity index (χ2n) is 7.88. The molecule has 142 valence electrons. The van der Waals surface area contributed by atoms with Crippen molar-refractivity contribution in [2.24, 2.45) is 5.92 Å². The van der Waals surface area contributed by atoms with Gasteiger partial charge in [-0.2, -0.15) is 0 Å². The predicted octanol–water partition coefficient (Wildman–Crippen LogP) is 3.17. The van der Waals surface area contributed by atoms with Gasteiger partial charge in [0.1, 0.15) is 17.8 Å². The van der Waals surface area contributed by atoms with E-state index in [1.165, 1.54) is 0 Å². The third-order valence-electron chi connectivity index (χ3n) is 4.83. The van der Waals surface area contributed by atoms with Crippen LogP contribution in [0.2, 0.25) is 0 Å². The first kappa shape index (κ1) is 19.1. The number of hydrogen-bond donors (Lipinski definition) is 1. The summed E-state index contributed by atoms with van der Waals surface area (Å²) in [7, 11) is 0. The first-order valence-electron chi connectivity index (χ1n) is 8.58. The molecule has 1 N–H and O–H groups in total. The van der Waals surface area contributed by atoms with Crippen molar-refractivity contribution in [3.8, 4) is 0 Å². The Labute approximate surface area is 160 Å². The van der Waals surface area contributed by atoms with Crippen molar-refractivity contribution in [2.45, 2.75) is 50.9 Å². The topological polar surface area (TPSA) is 89.0 Å². The Morgan fingerprint density at radius 3 is 2.77 bits per heavy atom. The molecule has 1 aliphatic heterocycles. The molecule has 0 spiro atoms. The predicted molar refractivity (Wildman–Crippen MR) is 96.7 cm³/mol. The minimum Gasteiger partial charge on any atom is -0.480 e. The molecule has 3 rings (SSSR count). The molecular formula is C18H23BrN2O5. The minimum atomic E-state index is -1.04. The summed E-state index contributed by atoms with van der Waals surface area (Å²) in [5.74, 6) is -0.803. The van der Waals surface area contributed by atoms with Crippen LogP contribution in [-0.2, 0) is 19.9 Å². The number of carboxylic acid groups (broad SMARTS) is 1. The number of hydrogen-bond acceptors (Lipinski definition) is 5. The molecule has 0 radical (unpaired) electrons. The molecule has 1 aromatic heterocycles. The lowest BCUT2D eigenvalue weighted by Crippen LogP contribution is -2.54. The van der Waals surface area contributed by atoms with E-state index in [-0.39, 0.29) is 12.0 Å². The zero-order valence-corrected chi connectivity index (χ0v) is 16.7. The van der Waals surface area contributed by atoms with Gasteiger partial charge in [0.25, 0.3) is 0 Å². The van der Waals surface area contributed by atoms with E-state index in [0.29, 0.717) is 13.0 Å². The van der Waals surface area contributed by atoms with Crippen molar-refractivity contribution in [1.82, 2.24) is 9.88 Å². The van der Waals surface area contributed by atoms with Crippen LogP contribution < -0.4 is 0 Å². The molecule has 7 nitrogen and oxygen atoms in total. The van der Waals surface area contributed by atoms with Crippen LogP contribution in [0.4, 0.5) is 4.79 Å². The lowest BCUT2D eigenvalue weighted by atomic mass is 9.85. The van der Waals surface area contributed by atoms with Crippen LogP contribution in [0.5, 0.6) is 0 Å². The maximum absolute atomic E-state index is 12.7. The molecule has 3 unspecified atom stereocenters. The molecule has 8 heteroatoms. The summed E-state index contributed by atoms with van der Waals surface area (Å²) < 4.78 is 12.2. The highest BCUT2D eigenvalue weighted by Crippen LogP contribution is 2.53. The highest BCUT2D eigenvalue weighted by Gasteiger charge is 2.59. The molecule has 26 heavy (non-hydrogen) atoms. The van der Waals surface area contributed by atoms with Crippen molar-refractivity contribution >= 4 is 28.0 Å². The average molecular weight is 427 g/mol. The van der Waals surface area contributed by atoms with Crippen LogP contribution in [0.3, 0.4) is 0 Å². The van der Waals surface area contributed by atoms with Crippen molar-refractivity contribution in [3.05, 3.63) is 28.5 Å². The van der Waals surface area contributed by atoms with E-state index in [9.17, 15) is 9.59 Å². The van der Waals surface area contributed by atoms with Gasteiger partial charge in [-0.1, -0.05) is 0 Å². The van der Waals surface area contributed by atoms with E-state index in [1.807, 2.05) is 26.8 Å². The van der Waals surface area contributed by atoms with Gasteiger partial charge < -0.3 is 19.5 Å². The highest BCUT2D eigenvalue weighted by molar-refractivity contribution is 9.10. The summed E-state index contributed by atoms with van der Waals surface area (Å²) in [6.45, 7) is 5.65.